The van der Waals surface area contributed by atoms with Gasteiger partial charge in [0.1, 0.15) is 5.75 Å². The molecule has 0 aliphatic heterocycles. The molecule has 4 heteroatoms. The Balaban J connectivity index is 2.16. The van der Waals surface area contributed by atoms with Crippen molar-refractivity contribution in [2.45, 2.75) is 84.6 Å². The second kappa shape index (κ2) is 9.29. The van der Waals surface area contributed by atoms with Gasteiger partial charge < -0.3 is 15.7 Å². The van der Waals surface area contributed by atoms with Crippen molar-refractivity contribution in [3.63, 3.8) is 0 Å². The molecule has 1 aromatic rings. The van der Waals surface area contributed by atoms with Gasteiger partial charge in [-0.2, -0.15) is 0 Å². The molecule has 0 radical (unpaired) electrons. The number of guanidine groups is 1. The molecule has 1 fully saturated rings. The monoisotopic (exact) mass is 359 g/mol. The third-order valence-electron chi connectivity index (χ3n) is 5.04. The minimum Gasteiger partial charge on any atom is -0.506 e. The van der Waals surface area contributed by atoms with E-state index in [2.05, 4.69) is 45.3 Å². The van der Waals surface area contributed by atoms with E-state index in [0.717, 1.165) is 24.6 Å². The molecule has 3 N–H and O–H groups in total. The van der Waals surface area contributed by atoms with Gasteiger partial charge in [-0.3, -0.25) is 4.99 Å². The molecular weight excluding hydrogens is 322 g/mol. The predicted molar refractivity (Wildman–Crippen MR) is 112 cm³/mol. The first-order chi connectivity index (χ1) is 12.3. The Labute approximate surface area is 159 Å². The van der Waals surface area contributed by atoms with E-state index in [1.165, 1.54) is 37.7 Å². The van der Waals surface area contributed by atoms with E-state index in [9.17, 15) is 5.11 Å². The highest BCUT2D eigenvalue weighted by atomic mass is 16.3. The number of hydrogen-bond donors (Lipinski definition) is 3. The molecule has 0 amide bonds. The summed E-state index contributed by atoms with van der Waals surface area (Å²) in [6, 6.07) is 6.28. The molecule has 0 bridgehead atoms. The molecule has 1 aromatic carbocycles. The third kappa shape index (κ3) is 6.54. The summed E-state index contributed by atoms with van der Waals surface area (Å²) in [6.07, 6.45) is 7.34. The number of rotatable bonds is 5. The molecule has 0 spiro atoms. The molecule has 2 rings (SSSR count). The summed E-state index contributed by atoms with van der Waals surface area (Å²) < 4.78 is 0. The number of phenolic OH excluding ortho intramolecular Hbond substituents is 1. The maximum atomic E-state index is 10.3. The average molecular weight is 360 g/mol. The van der Waals surface area contributed by atoms with Crippen molar-refractivity contribution in [1.29, 1.82) is 0 Å². The molecule has 0 aromatic heterocycles. The van der Waals surface area contributed by atoms with E-state index in [4.69, 9.17) is 4.99 Å². The van der Waals surface area contributed by atoms with Gasteiger partial charge in [0, 0.05) is 12.6 Å². The first kappa shape index (κ1) is 20.6. The summed E-state index contributed by atoms with van der Waals surface area (Å²) in [5.41, 5.74) is 1.96. The van der Waals surface area contributed by atoms with Gasteiger partial charge in [-0.15, -0.1) is 0 Å². The smallest absolute Gasteiger partial charge is 0.196 e. The van der Waals surface area contributed by atoms with Gasteiger partial charge in [-0.25, -0.2) is 0 Å². The number of benzene rings is 1. The van der Waals surface area contributed by atoms with Crippen LogP contribution in [-0.2, 0) is 5.41 Å². The van der Waals surface area contributed by atoms with Gasteiger partial charge in [-0.05, 0) is 48.3 Å². The van der Waals surface area contributed by atoms with Crippen molar-refractivity contribution in [2.75, 3.05) is 11.9 Å². The van der Waals surface area contributed by atoms with E-state index in [-0.39, 0.29) is 11.2 Å². The van der Waals surface area contributed by atoms with Crippen LogP contribution < -0.4 is 10.6 Å². The molecule has 1 saturated carbocycles. The highest BCUT2D eigenvalue weighted by Crippen LogP contribution is 2.30. The highest BCUT2D eigenvalue weighted by Gasteiger charge is 2.18. The van der Waals surface area contributed by atoms with Gasteiger partial charge in [0.2, 0.25) is 0 Å². The average Bonchev–Trinajstić information content (AvgIpc) is 2.56. The summed E-state index contributed by atoms with van der Waals surface area (Å²) in [6.45, 7) is 11.8. The topological polar surface area (TPSA) is 56.7 Å². The van der Waals surface area contributed by atoms with E-state index in [1.54, 1.807) is 6.07 Å². The standard InChI is InChI=1S/C22H37N3O/c1-16(2)13-14-23-21(24-18-9-7-6-8-10-18)25-19-15-17(22(3,4)5)11-12-20(19)26/h11-12,15-16,18,26H,6-10,13-14H2,1-5H3,(H2,23,24,25). The zero-order chi connectivity index (χ0) is 19.2. The fourth-order valence-corrected chi connectivity index (χ4v) is 3.23. The maximum Gasteiger partial charge on any atom is 0.196 e. The molecule has 4 nitrogen and oxygen atoms in total. The Hall–Kier alpha value is -1.71. The Morgan fingerprint density at radius 3 is 2.50 bits per heavy atom. The van der Waals surface area contributed by atoms with Crippen LogP contribution >= 0.6 is 0 Å². The van der Waals surface area contributed by atoms with Crippen molar-refractivity contribution in [3.05, 3.63) is 23.8 Å². The fraction of sp³-hybridized carbons (Fsp3) is 0.682. The summed E-state index contributed by atoms with van der Waals surface area (Å²) in [5.74, 6) is 1.69. The number of anilines is 1. The molecule has 26 heavy (non-hydrogen) atoms. The Bertz CT molecular complexity index is 596. The first-order valence-electron chi connectivity index (χ1n) is 10.2. The number of hydrogen-bond acceptors (Lipinski definition) is 2. The largest absolute Gasteiger partial charge is 0.506 e. The Morgan fingerprint density at radius 1 is 1.19 bits per heavy atom. The molecule has 0 unspecified atom stereocenters. The van der Waals surface area contributed by atoms with Crippen molar-refractivity contribution < 1.29 is 5.11 Å². The minimum atomic E-state index is 0.0376. The third-order valence-corrected chi connectivity index (χ3v) is 5.04. The number of phenols is 1. The second-order valence-corrected chi connectivity index (χ2v) is 9.00. The predicted octanol–water partition coefficient (Wildman–Crippen LogP) is 5.43. The van der Waals surface area contributed by atoms with Crippen molar-refractivity contribution in [2.24, 2.45) is 10.9 Å². The quantitative estimate of drug-likeness (QED) is 0.373. The maximum absolute atomic E-state index is 10.3. The number of nitrogens with one attached hydrogen (secondary N) is 2. The molecule has 146 valence electrons. The molecule has 0 saturated heterocycles. The molecule has 0 heterocycles. The SMILES string of the molecule is CC(C)CCN=C(Nc1cc(C(C)(C)C)ccc1O)NC1CCCCC1. The lowest BCUT2D eigenvalue weighted by Crippen LogP contribution is -2.40. The Kier molecular flexibility index (Phi) is 7.36. The summed E-state index contributed by atoms with van der Waals surface area (Å²) in [5, 5.41) is 17.3. The zero-order valence-corrected chi connectivity index (χ0v) is 17.2. The highest BCUT2D eigenvalue weighted by molar-refractivity contribution is 5.95. The Morgan fingerprint density at radius 2 is 1.88 bits per heavy atom. The fourth-order valence-electron chi connectivity index (χ4n) is 3.23. The van der Waals surface area contributed by atoms with Crippen LogP contribution in [0.2, 0.25) is 0 Å². The van der Waals surface area contributed by atoms with Crippen LogP contribution in [0, 0.1) is 5.92 Å². The van der Waals surface area contributed by atoms with Gasteiger partial charge in [0.15, 0.2) is 5.96 Å². The van der Waals surface area contributed by atoms with Crippen LogP contribution in [0.15, 0.2) is 23.2 Å². The number of aromatic hydroxyl groups is 1. The second-order valence-electron chi connectivity index (χ2n) is 9.00. The van der Waals surface area contributed by atoms with E-state index in [1.807, 2.05) is 12.1 Å². The van der Waals surface area contributed by atoms with Crippen LogP contribution in [0.5, 0.6) is 5.75 Å². The van der Waals surface area contributed by atoms with Crippen molar-refractivity contribution in [1.82, 2.24) is 5.32 Å². The van der Waals surface area contributed by atoms with E-state index < -0.39 is 0 Å². The van der Waals surface area contributed by atoms with Gasteiger partial charge in [0.25, 0.3) is 0 Å². The van der Waals surface area contributed by atoms with Gasteiger partial charge in [-0.1, -0.05) is 59.9 Å². The normalized spacial score (nSPS) is 16.8. The summed E-state index contributed by atoms with van der Waals surface area (Å²) in [7, 11) is 0. The molecule has 1 aliphatic rings. The van der Waals surface area contributed by atoms with E-state index >= 15 is 0 Å². The molecular formula is C22H37N3O. The van der Waals surface area contributed by atoms with Crippen LogP contribution in [-0.4, -0.2) is 23.7 Å². The zero-order valence-electron chi connectivity index (χ0n) is 17.2. The minimum absolute atomic E-state index is 0.0376. The van der Waals surface area contributed by atoms with Crippen molar-refractivity contribution in [3.8, 4) is 5.75 Å². The van der Waals surface area contributed by atoms with Crippen LogP contribution in [0.25, 0.3) is 0 Å². The van der Waals surface area contributed by atoms with Gasteiger partial charge in [0.05, 0.1) is 5.69 Å². The lowest BCUT2D eigenvalue weighted by molar-refractivity contribution is 0.412. The summed E-state index contributed by atoms with van der Waals surface area (Å²) >= 11 is 0. The van der Waals surface area contributed by atoms with Crippen LogP contribution in [0.3, 0.4) is 0 Å². The molecule has 1 aliphatic carbocycles. The first-order valence-corrected chi connectivity index (χ1v) is 10.2. The van der Waals surface area contributed by atoms with Crippen molar-refractivity contribution >= 4 is 11.6 Å². The lowest BCUT2D eigenvalue weighted by atomic mass is 9.87. The lowest BCUT2D eigenvalue weighted by Gasteiger charge is -2.26. The van der Waals surface area contributed by atoms with Gasteiger partial charge >= 0.3 is 0 Å². The van der Waals surface area contributed by atoms with Crippen LogP contribution in [0.4, 0.5) is 5.69 Å². The number of nitrogens with zero attached hydrogens (tertiary/aromatic N) is 1. The van der Waals surface area contributed by atoms with E-state index in [0.29, 0.717) is 12.0 Å². The molecule has 0 atom stereocenters. The summed E-state index contributed by atoms with van der Waals surface area (Å²) in [4.78, 5) is 4.77. The van der Waals surface area contributed by atoms with Crippen LogP contribution in [0.1, 0.15) is 78.7 Å². The number of aliphatic imine (C=N–C) groups is 1.